The predicted octanol–water partition coefficient (Wildman–Crippen LogP) is 1.68. The first-order valence-electron chi connectivity index (χ1n) is 13.9. The van der Waals surface area contributed by atoms with Gasteiger partial charge in [0.15, 0.2) is 0 Å². The lowest BCUT2D eigenvalue weighted by molar-refractivity contribution is -0.141. The standard InChI is InChI=1S/C30H32N8O4/c1-36(14-25(39)33-13-27(41)42-3)26(40)15-38-23-6-4-5-21(22-8-24-19(7-18(22)11-31)12-34-37(24)2)28(23)29(35-38)20-9-30(10-20)16-32-17-30/h4-8,12,20,32H,9-10,13-17H2,1-3H3,(H,33,39). The van der Waals surface area contributed by atoms with Gasteiger partial charge in [-0.25, -0.2) is 0 Å². The van der Waals surface area contributed by atoms with Gasteiger partial charge in [0.1, 0.15) is 13.1 Å². The quantitative estimate of drug-likeness (QED) is 0.305. The molecule has 1 spiro atoms. The molecule has 2 aliphatic rings. The van der Waals surface area contributed by atoms with Crippen LogP contribution in [0.1, 0.15) is 30.0 Å². The van der Waals surface area contributed by atoms with Gasteiger partial charge >= 0.3 is 5.97 Å². The number of esters is 1. The Morgan fingerprint density at radius 3 is 2.69 bits per heavy atom. The van der Waals surface area contributed by atoms with E-state index >= 15 is 0 Å². The number of hydrogen-bond acceptors (Lipinski definition) is 8. The highest BCUT2D eigenvalue weighted by Crippen LogP contribution is 2.54. The number of methoxy groups -OCH3 is 1. The van der Waals surface area contributed by atoms with Gasteiger partial charge in [0.05, 0.1) is 48.2 Å². The molecular weight excluding hydrogens is 536 g/mol. The van der Waals surface area contributed by atoms with E-state index in [0.717, 1.165) is 64.6 Å². The summed E-state index contributed by atoms with van der Waals surface area (Å²) in [5, 5.41) is 27.1. The number of carbonyl (C=O) groups is 3. The summed E-state index contributed by atoms with van der Waals surface area (Å²) in [6.45, 7) is 1.48. The molecule has 2 fully saturated rings. The molecule has 2 aromatic heterocycles. The summed E-state index contributed by atoms with van der Waals surface area (Å²) in [6, 6.07) is 12.1. The van der Waals surface area contributed by atoms with E-state index in [-0.39, 0.29) is 31.5 Å². The minimum Gasteiger partial charge on any atom is -0.468 e. The van der Waals surface area contributed by atoms with Crippen LogP contribution in [0.15, 0.2) is 36.5 Å². The number of hydrogen-bond donors (Lipinski definition) is 2. The lowest BCUT2D eigenvalue weighted by Gasteiger charge is -2.54. The fraction of sp³-hybridized carbons (Fsp3) is 0.400. The van der Waals surface area contributed by atoms with E-state index < -0.39 is 11.9 Å². The molecule has 12 nitrogen and oxygen atoms in total. The van der Waals surface area contributed by atoms with Crippen molar-refractivity contribution in [2.75, 3.05) is 40.3 Å². The molecule has 2 aromatic carbocycles. The zero-order valence-corrected chi connectivity index (χ0v) is 23.8. The van der Waals surface area contributed by atoms with Gasteiger partial charge in [0.2, 0.25) is 11.8 Å². The SMILES string of the molecule is COC(=O)CNC(=O)CN(C)C(=O)Cn1nc(C2CC3(CNC3)C2)c2c(-c3cc4c(cnn4C)cc3C#N)cccc21. The second kappa shape index (κ2) is 10.6. The molecule has 2 amide bonds. The molecular formula is C30H32N8O4. The van der Waals surface area contributed by atoms with Gasteiger partial charge in [-0.2, -0.15) is 15.5 Å². The van der Waals surface area contributed by atoms with Gasteiger partial charge in [-0.15, -0.1) is 0 Å². The van der Waals surface area contributed by atoms with Crippen molar-refractivity contribution in [2.45, 2.75) is 25.3 Å². The van der Waals surface area contributed by atoms with Gasteiger partial charge < -0.3 is 20.3 Å². The summed E-state index contributed by atoms with van der Waals surface area (Å²) in [4.78, 5) is 38.2. The highest BCUT2D eigenvalue weighted by molar-refractivity contribution is 6.01. The summed E-state index contributed by atoms with van der Waals surface area (Å²) in [7, 11) is 4.66. The molecule has 0 atom stereocenters. The Balaban J connectivity index is 1.36. The van der Waals surface area contributed by atoms with Crippen LogP contribution in [0.5, 0.6) is 0 Å². The fourth-order valence-electron chi connectivity index (χ4n) is 6.20. The van der Waals surface area contributed by atoms with Crippen LogP contribution in [0.4, 0.5) is 0 Å². The smallest absolute Gasteiger partial charge is 0.325 e. The summed E-state index contributed by atoms with van der Waals surface area (Å²) in [6.07, 6.45) is 3.78. The Hall–Kier alpha value is -4.76. The van der Waals surface area contributed by atoms with Crippen LogP contribution in [0.2, 0.25) is 0 Å². The maximum atomic E-state index is 13.2. The van der Waals surface area contributed by atoms with Gasteiger partial charge in [-0.1, -0.05) is 12.1 Å². The van der Waals surface area contributed by atoms with E-state index in [4.69, 9.17) is 5.10 Å². The van der Waals surface area contributed by atoms with Crippen molar-refractivity contribution in [3.05, 3.63) is 47.8 Å². The van der Waals surface area contributed by atoms with Crippen LogP contribution in [-0.4, -0.2) is 82.6 Å². The first-order valence-corrected chi connectivity index (χ1v) is 13.9. The van der Waals surface area contributed by atoms with Gasteiger partial charge in [0, 0.05) is 49.4 Å². The van der Waals surface area contributed by atoms with Crippen LogP contribution in [0, 0.1) is 16.7 Å². The summed E-state index contributed by atoms with van der Waals surface area (Å²) in [5.41, 5.74) is 5.19. The molecule has 1 saturated carbocycles. The predicted molar refractivity (Wildman–Crippen MR) is 154 cm³/mol. The van der Waals surface area contributed by atoms with Crippen molar-refractivity contribution in [1.29, 1.82) is 5.26 Å². The topological polar surface area (TPSA) is 147 Å². The average Bonchev–Trinajstić information content (AvgIpc) is 3.49. The summed E-state index contributed by atoms with van der Waals surface area (Å²) < 4.78 is 8.04. The number of nitriles is 1. The molecule has 0 radical (unpaired) electrons. The maximum Gasteiger partial charge on any atom is 0.325 e. The number of likely N-dealkylation sites (N-methyl/N-ethyl adjacent to an activating group) is 1. The van der Waals surface area contributed by atoms with Gasteiger partial charge in [-0.3, -0.25) is 23.7 Å². The number of ether oxygens (including phenoxy) is 1. The van der Waals surface area contributed by atoms with E-state index in [1.54, 1.807) is 22.6 Å². The lowest BCUT2D eigenvalue weighted by Crippen LogP contribution is -2.59. The average molecular weight is 569 g/mol. The normalized spacial score (nSPS) is 15.7. The first kappa shape index (κ1) is 27.4. The minimum atomic E-state index is -0.568. The molecule has 0 unspecified atom stereocenters. The second-order valence-electron chi connectivity index (χ2n) is 11.4. The molecule has 1 saturated heterocycles. The van der Waals surface area contributed by atoms with E-state index in [0.29, 0.717) is 11.0 Å². The molecule has 1 aliphatic carbocycles. The number of fused-ring (bicyclic) bond motifs is 2. The van der Waals surface area contributed by atoms with E-state index in [9.17, 15) is 19.6 Å². The van der Waals surface area contributed by atoms with Crippen LogP contribution in [-0.2, 0) is 32.7 Å². The zero-order valence-electron chi connectivity index (χ0n) is 23.8. The fourth-order valence-corrected chi connectivity index (χ4v) is 6.20. The van der Waals surface area contributed by atoms with Crippen LogP contribution in [0.25, 0.3) is 32.9 Å². The Bertz CT molecular complexity index is 1770. The number of nitrogens with one attached hydrogen (secondary N) is 2. The van der Waals surface area contributed by atoms with Gasteiger partial charge in [0.25, 0.3) is 0 Å². The molecule has 12 heteroatoms. The molecule has 2 N–H and O–H groups in total. The van der Waals surface area contributed by atoms with Crippen molar-refractivity contribution < 1.29 is 19.1 Å². The van der Waals surface area contributed by atoms with Gasteiger partial charge in [-0.05, 0) is 42.0 Å². The Kier molecular flexibility index (Phi) is 6.90. The monoisotopic (exact) mass is 568 g/mol. The van der Waals surface area contributed by atoms with E-state index in [1.165, 1.54) is 12.0 Å². The first-order chi connectivity index (χ1) is 20.2. The van der Waals surface area contributed by atoms with Crippen molar-refractivity contribution in [1.82, 2.24) is 35.1 Å². The summed E-state index contributed by atoms with van der Waals surface area (Å²) >= 11 is 0. The third-order valence-electron chi connectivity index (χ3n) is 8.60. The molecule has 4 aromatic rings. The van der Waals surface area contributed by atoms with Crippen LogP contribution >= 0.6 is 0 Å². The molecule has 3 heterocycles. The van der Waals surface area contributed by atoms with Crippen molar-refractivity contribution in [3.8, 4) is 17.2 Å². The number of nitrogens with zero attached hydrogens (tertiary/aromatic N) is 6. The second-order valence-corrected chi connectivity index (χ2v) is 11.4. The van der Waals surface area contributed by atoms with Crippen molar-refractivity contribution in [3.63, 3.8) is 0 Å². The largest absolute Gasteiger partial charge is 0.468 e. The summed E-state index contributed by atoms with van der Waals surface area (Å²) in [5.74, 6) is -1.10. The molecule has 216 valence electrons. The Morgan fingerprint density at radius 1 is 1.21 bits per heavy atom. The van der Waals surface area contributed by atoms with E-state index in [1.807, 2.05) is 37.4 Å². The Labute approximate surface area is 242 Å². The molecule has 6 rings (SSSR count). The number of benzene rings is 2. The molecule has 42 heavy (non-hydrogen) atoms. The van der Waals surface area contributed by atoms with Crippen LogP contribution < -0.4 is 10.6 Å². The number of amides is 2. The molecule has 1 aliphatic heterocycles. The third-order valence-corrected chi connectivity index (χ3v) is 8.60. The number of aryl methyl sites for hydroxylation is 1. The lowest BCUT2D eigenvalue weighted by atomic mass is 9.57. The Morgan fingerprint density at radius 2 is 2.00 bits per heavy atom. The number of rotatable bonds is 8. The third kappa shape index (κ3) is 4.75. The molecule has 0 bridgehead atoms. The highest BCUT2D eigenvalue weighted by Gasteiger charge is 2.50. The van der Waals surface area contributed by atoms with Crippen LogP contribution in [0.3, 0.4) is 0 Å². The zero-order chi connectivity index (χ0) is 29.6. The van der Waals surface area contributed by atoms with Crippen molar-refractivity contribution in [2.24, 2.45) is 12.5 Å². The maximum absolute atomic E-state index is 13.2. The van der Waals surface area contributed by atoms with Crippen molar-refractivity contribution >= 4 is 39.6 Å². The highest BCUT2D eigenvalue weighted by atomic mass is 16.5. The number of aromatic nitrogens is 4. The minimum absolute atomic E-state index is 0.0635. The van der Waals surface area contributed by atoms with E-state index in [2.05, 4.69) is 26.5 Å². The number of carbonyl (C=O) groups excluding carboxylic acids is 3.